The van der Waals surface area contributed by atoms with E-state index in [-0.39, 0.29) is 23.0 Å². The molecule has 0 bridgehead atoms. The van der Waals surface area contributed by atoms with Crippen LogP contribution in [0.15, 0.2) is 18.2 Å². The molecule has 22 heavy (non-hydrogen) atoms. The molecule has 0 fully saturated rings. The van der Waals surface area contributed by atoms with Crippen molar-refractivity contribution < 1.29 is 15.0 Å². The summed E-state index contributed by atoms with van der Waals surface area (Å²) < 4.78 is 0. The molecule has 0 saturated carbocycles. The normalized spacial score (nSPS) is 10.9. The highest BCUT2D eigenvalue weighted by atomic mass is 16.3. The number of unbranched alkanes of at least 4 members (excludes halogenated alkanes) is 1. The minimum atomic E-state index is -0.371. The van der Waals surface area contributed by atoms with Gasteiger partial charge in [0, 0.05) is 6.54 Å². The van der Waals surface area contributed by atoms with Crippen LogP contribution in [0.4, 0.5) is 0 Å². The number of hydrogen-bond donors (Lipinski definition) is 4. The Hall–Kier alpha value is -1.79. The van der Waals surface area contributed by atoms with Gasteiger partial charge in [-0.1, -0.05) is 6.07 Å². The third-order valence-corrected chi connectivity index (χ3v) is 3.48. The van der Waals surface area contributed by atoms with Gasteiger partial charge in [0.1, 0.15) is 0 Å². The average molecular weight is 309 g/mol. The number of para-hydroxylation sites is 1. The second-order valence-corrected chi connectivity index (χ2v) is 5.40. The van der Waals surface area contributed by atoms with Crippen molar-refractivity contribution in [2.24, 2.45) is 0 Å². The van der Waals surface area contributed by atoms with Crippen LogP contribution in [0.1, 0.15) is 29.6 Å². The maximum Gasteiger partial charge on any atom is 0.255 e. The smallest absolute Gasteiger partial charge is 0.255 e. The molecule has 0 aliphatic heterocycles. The van der Waals surface area contributed by atoms with Gasteiger partial charge < -0.3 is 25.7 Å². The van der Waals surface area contributed by atoms with Crippen LogP contribution in [0.3, 0.4) is 0 Å². The number of phenols is 2. The standard InChI is InChI=1S/C16H27N3O3/c1-17-9-6-12-19(2)11-4-3-10-18-16(22)13-7-5-8-14(20)15(13)21/h5,7-8,17,20-21H,3-4,6,9-12H2,1-2H3,(H,18,22). The van der Waals surface area contributed by atoms with Gasteiger partial charge in [-0.25, -0.2) is 0 Å². The van der Waals surface area contributed by atoms with Gasteiger partial charge in [-0.3, -0.25) is 4.79 Å². The van der Waals surface area contributed by atoms with Crippen LogP contribution in [0.5, 0.6) is 11.5 Å². The Morgan fingerprint density at radius 2 is 1.86 bits per heavy atom. The zero-order valence-electron chi connectivity index (χ0n) is 13.4. The zero-order valence-corrected chi connectivity index (χ0v) is 13.4. The van der Waals surface area contributed by atoms with Gasteiger partial charge >= 0.3 is 0 Å². The highest BCUT2D eigenvalue weighted by molar-refractivity contribution is 5.97. The number of amides is 1. The number of carbonyl (C=O) groups is 1. The molecule has 0 heterocycles. The van der Waals surface area contributed by atoms with Gasteiger partial charge in [-0.15, -0.1) is 0 Å². The molecule has 1 aromatic carbocycles. The molecule has 1 rings (SSSR count). The lowest BCUT2D eigenvalue weighted by Crippen LogP contribution is -2.27. The molecule has 1 aromatic rings. The Morgan fingerprint density at radius 3 is 2.59 bits per heavy atom. The third kappa shape index (κ3) is 6.32. The number of aromatic hydroxyl groups is 2. The van der Waals surface area contributed by atoms with Crippen molar-refractivity contribution in [2.75, 3.05) is 40.3 Å². The summed E-state index contributed by atoms with van der Waals surface area (Å²) in [6.07, 6.45) is 3.00. The molecule has 6 nitrogen and oxygen atoms in total. The molecule has 0 radical (unpaired) electrons. The molecule has 0 aromatic heterocycles. The summed E-state index contributed by atoms with van der Waals surface area (Å²) >= 11 is 0. The molecule has 0 spiro atoms. The fourth-order valence-electron chi connectivity index (χ4n) is 2.16. The first-order chi connectivity index (χ1) is 10.6. The molecule has 0 unspecified atom stereocenters. The van der Waals surface area contributed by atoms with Crippen LogP contribution in [0.25, 0.3) is 0 Å². The van der Waals surface area contributed by atoms with E-state index in [1.165, 1.54) is 18.2 Å². The number of carbonyl (C=O) groups excluding carboxylic acids is 1. The van der Waals surface area contributed by atoms with Crippen molar-refractivity contribution in [3.63, 3.8) is 0 Å². The summed E-state index contributed by atoms with van der Waals surface area (Å²) in [6.45, 7) is 3.63. The highest BCUT2D eigenvalue weighted by Gasteiger charge is 2.12. The number of hydrogen-bond acceptors (Lipinski definition) is 5. The van der Waals surface area contributed by atoms with Gasteiger partial charge in [-0.2, -0.15) is 0 Å². The fraction of sp³-hybridized carbons (Fsp3) is 0.562. The maximum absolute atomic E-state index is 11.9. The van der Waals surface area contributed by atoms with E-state index in [4.69, 9.17) is 0 Å². The van der Waals surface area contributed by atoms with E-state index in [1.807, 2.05) is 7.05 Å². The molecule has 4 N–H and O–H groups in total. The first-order valence-electron chi connectivity index (χ1n) is 7.68. The van der Waals surface area contributed by atoms with Crippen LogP contribution in [0, 0.1) is 0 Å². The van der Waals surface area contributed by atoms with Crippen molar-refractivity contribution in [3.05, 3.63) is 23.8 Å². The monoisotopic (exact) mass is 309 g/mol. The lowest BCUT2D eigenvalue weighted by atomic mass is 10.1. The first kappa shape index (κ1) is 18.3. The highest BCUT2D eigenvalue weighted by Crippen LogP contribution is 2.27. The largest absolute Gasteiger partial charge is 0.504 e. The van der Waals surface area contributed by atoms with Crippen molar-refractivity contribution in [2.45, 2.75) is 19.3 Å². The van der Waals surface area contributed by atoms with E-state index in [9.17, 15) is 15.0 Å². The Balaban J connectivity index is 2.19. The van der Waals surface area contributed by atoms with Gasteiger partial charge in [0.2, 0.25) is 0 Å². The number of nitrogens with one attached hydrogen (secondary N) is 2. The summed E-state index contributed by atoms with van der Waals surface area (Å²) in [5.41, 5.74) is 0.101. The van der Waals surface area contributed by atoms with Gasteiger partial charge in [0.15, 0.2) is 11.5 Å². The molecular weight excluding hydrogens is 282 g/mol. The van der Waals surface area contributed by atoms with Gasteiger partial charge in [-0.05, 0) is 65.1 Å². The van der Waals surface area contributed by atoms with Crippen molar-refractivity contribution in [1.29, 1.82) is 0 Å². The van der Waals surface area contributed by atoms with E-state index in [2.05, 4.69) is 22.6 Å². The van der Waals surface area contributed by atoms with Crippen LogP contribution >= 0.6 is 0 Å². The van der Waals surface area contributed by atoms with Crippen LogP contribution < -0.4 is 10.6 Å². The van der Waals surface area contributed by atoms with E-state index >= 15 is 0 Å². The Bertz CT molecular complexity index is 466. The predicted octanol–water partition coefficient (Wildman–Crippen LogP) is 1.15. The summed E-state index contributed by atoms with van der Waals surface area (Å²) in [5, 5.41) is 24.9. The van der Waals surface area contributed by atoms with Crippen LogP contribution in [-0.2, 0) is 0 Å². The Kier molecular flexibility index (Phi) is 8.32. The third-order valence-electron chi connectivity index (χ3n) is 3.48. The summed E-state index contributed by atoms with van der Waals surface area (Å²) in [5.74, 6) is -1.02. The van der Waals surface area contributed by atoms with E-state index in [1.54, 1.807) is 0 Å². The van der Waals surface area contributed by atoms with Crippen molar-refractivity contribution in [1.82, 2.24) is 15.5 Å². The van der Waals surface area contributed by atoms with Crippen molar-refractivity contribution in [3.8, 4) is 11.5 Å². The molecule has 0 saturated heterocycles. The minimum Gasteiger partial charge on any atom is -0.504 e. The SMILES string of the molecule is CNCCCN(C)CCCCNC(=O)c1cccc(O)c1O. The number of nitrogens with zero attached hydrogens (tertiary/aromatic N) is 1. The molecule has 124 valence electrons. The fourth-order valence-corrected chi connectivity index (χ4v) is 2.16. The molecule has 1 amide bonds. The number of rotatable bonds is 10. The molecule has 0 atom stereocenters. The second kappa shape index (κ2) is 10.0. The van der Waals surface area contributed by atoms with Crippen LogP contribution in [0.2, 0.25) is 0 Å². The van der Waals surface area contributed by atoms with Gasteiger partial charge in [0.25, 0.3) is 5.91 Å². The molecule has 6 heteroatoms. The summed E-state index contributed by atoms with van der Waals surface area (Å²) in [6, 6.07) is 4.36. The zero-order chi connectivity index (χ0) is 16.4. The maximum atomic E-state index is 11.9. The topological polar surface area (TPSA) is 84.8 Å². The number of phenolic OH excluding ortho intramolecular Hbond substituents is 2. The quantitative estimate of drug-likeness (QED) is 0.385. The van der Waals surface area contributed by atoms with Gasteiger partial charge in [0.05, 0.1) is 5.56 Å². The molecule has 0 aliphatic carbocycles. The van der Waals surface area contributed by atoms with E-state index in [0.717, 1.165) is 38.9 Å². The minimum absolute atomic E-state index is 0.101. The van der Waals surface area contributed by atoms with E-state index in [0.29, 0.717) is 6.54 Å². The van der Waals surface area contributed by atoms with Crippen LogP contribution in [-0.4, -0.2) is 61.3 Å². The summed E-state index contributed by atoms with van der Waals surface area (Å²) in [7, 11) is 4.05. The first-order valence-corrected chi connectivity index (χ1v) is 7.68. The average Bonchev–Trinajstić information content (AvgIpc) is 2.49. The number of benzene rings is 1. The van der Waals surface area contributed by atoms with Crippen molar-refractivity contribution >= 4 is 5.91 Å². The van der Waals surface area contributed by atoms with E-state index < -0.39 is 0 Å². The lowest BCUT2D eigenvalue weighted by Gasteiger charge is -2.16. The molecular formula is C16H27N3O3. The summed E-state index contributed by atoms with van der Waals surface area (Å²) in [4.78, 5) is 14.2. The molecule has 0 aliphatic rings. The Labute approximate surface area is 132 Å². The predicted molar refractivity (Wildman–Crippen MR) is 87.4 cm³/mol. The lowest BCUT2D eigenvalue weighted by molar-refractivity contribution is 0.0949. The second-order valence-electron chi connectivity index (χ2n) is 5.40. The Morgan fingerprint density at radius 1 is 1.14 bits per heavy atom.